The van der Waals surface area contributed by atoms with Gasteiger partial charge in [-0.2, -0.15) is 0 Å². The molecule has 1 saturated heterocycles. The van der Waals surface area contributed by atoms with Crippen LogP contribution in [0.2, 0.25) is 6.04 Å². The second-order valence-corrected chi connectivity index (χ2v) is 9.68. The molecule has 0 aromatic heterocycles. The molecule has 0 aliphatic carbocycles. The molecule has 1 aromatic carbocycles. The Morgan fingerprint density at radius 1 is 0.880 bits per heavy atom. The number of nitrogens with zero attached hydrogens (tertiary/aromatic N) is 1. The molecule has 5 heteroatoms. The van der Waals surface area contributed by atoms with E-state index in [2.05, 4.69) is 30.3 Å². The van der Waals surface area contributed by atoms with Crippen molar-refractivity contribution in [2.24, 2.45) is 0 Å². The summed E-state index contributed by atoms with van der Waals surface area (Å²) in [6, 6.07) is 11.9. The van der Waals surface area contributed by atoms with E-state index in [0.717, 1.165) is 19.0 Å². The molecule has 0 radical (unpaired) electrons. The molecule has 142 valence electrons. The predicted molar refractivity (Wildman–Crippen MR) is 104 cm³/mol. The van der Waals surface area contributed by atoms with Crippen molar-refractivity contribution in [1.29, 1.82) is 0 Å². The van der Waals surface area contributed by atoms with Crippen LogP contribution in [0.1, 0.15) is 45.6 Å². The number of hydrogen-bond acceptors (Lipinski definition) is 3. The summed E-state index contributed by atoms with van der Waals surface area (Å²) >= 11 is 0. The first-order chi connectivity index (χ1) is 12.2. The number of likely N-dealkylation sites (tertiary alicyclic amines) is 1. The second-order valence-electron chi connectivity index (χ2n) is 6.95. The summed E-state index contributed by atoms with van der Waals surface area (Å²) < 4.78 is 19.2. The molecule has 1 fully saturated rings. The average molecular weight is 367 g/mol. The summed E-state index contributed by atoms with van der Waals surface area (Å²) in [6.45, 7) is 13.0. The lowest BCUT2D eigenvalue weighted by Gasteiger charge is -2.36. The third kappa shape index (κ3) is 6.18. The Bertz CT molecular complexity index is 460. The zero-order chi connectivity index (χ0) is 18.0. The van der Waals surface area contributed by atoms with Crippen molar-refractivity contribution in [2.75, 3.05) is 39.5 Å². The van der Waals surface area contributed by atoms with Gasteiger partial charge in [-0.25, -0.2) is 0 Å². The van der Waals surface area contributed by atoms with E-state index >= 15 is 0 Å². The highest BCUT2D eigenvalue weighted by Crippen LogP contribution is 2.26. The van der Waals surface area contributed by atoms with E-state index in [9.17, 15) is 0 Å². The van der Waals surface area contributed by atoms with E-state index in [-0.39, 0.29) is 0 Å². The van der Waals surface area contributed by atoms with Crippen molar-refractivity contribution in [3.05, 3.63) is 35.9 Å². The van der Waals surface area contributed by atoms with Crippen molar-refractivity contribution < 1.29 is 17.8 Å². The minimum atomic E-state index is -2.50. The van der Waals surface area contributed by atoms with E-state index in [1.165, 1.54) is 42.5 Å². The molecule has 0 bridgehead atoms. The van der Waals surface area contributed by atoms with Crippen molar-refractivity contribution in [1.82, 2.24) is 0 Å². The van der Waals surface area contributed by atoms with Crippen molar-refractivity contribution >= 4 is 8.80 Å². The molecule has 1 aromatic rings. The summed E-state index contributed by atoms with van der Waals surface area (Å²) in [5.74, 6) is 0. The lowest BCUT2D eigenvalue weighted by atomic mass is 10.2. The topological polar surface area (TPSA) is 27.7 Å². The molecule has 1 heterocycles. The Morgan fingerprint density at radius 3 is 1.96 bits per heavy atom. The van der Waals surface area contributed by atoms with Crippen LogP contribution in [-0.4, -0.2) is 52.7 Å². The van der Waals surface area contributed by atoms with Gasteiger partial charge in [-0.3, -0.25) is 0 Å². The Morgan fingerprint density at radius 2 is 1.44 bits per heavy atom. The number of benzene rings is 1. The van der Waals surface area contributed by atoms with Gasteiger partial charge in [-0.15, -0.1) is 0 Å². The molecule has 25 heavy (non-hydrogen) atoms. The van der Waals surface area contributed by atoms with Gasteiger partial charge in [-0.1, -0.05) is 30.3 Å². The molecule has 0 spiro atoms. The van der Waals surface area contributed by atoms with Crippen LogP contribution >= 0.6 is 0 Å². The normalized spacial score (nSPS) is 17.1. The monoisotopic (exact) mass is 366 g/mol. The van der Waals surface area contributed by atoms with Crippen LogP contribution in [0.3, 0.4) is 0 Å². The third-order valence-electron chi connectivity index (χ3n) is 5.08. The SMILES string of the molecule is CCO[Si](CCC[N+]1(Cc2ccccc2)CCCC1)(OCC)OCC. The molecule has 0 unspecified atom stereocenters. The van der Waals surface area contributed by atoms with Gasteiger partial charge < -0.3 is 17.8 Å². The van der Waals surface area contributed by atoms with E-state index in [1.807, 2.05) is 20.8 Å². The molecule has 0 N–H and O–H groups in total. The molecule has 1 aliphatic rings. The van der Waals surface area contributed by atoms with Crippen molar-refractivity contribution in [3.63, 3.8) is 0 Å². The maximum Gasteiger partial charge on any atom is 0.501 e. The highest BCUT2D eigenvalue weighted by Gasteiger charge is 2.41. The maximum absolute atomic E-state index is 6.01. The van der Waals surface area contributed by atoms with Crippen LogP contribution in [0.4, 0.5) is 0 Å². The first-order valence-corrected chi connectivity index (χ1v) is 11.9. The van der Waals surface area contributed by atoms with Gasteiger partial charge in [0.05, 0.1) is 19.6 Å². The molecule has 1 aliphatic heterocycles. The fourth-order valence-electron chi connectivity index (χ4n) is 4.07. The van der Waals surface area contributed by atoms with Gasteiger partial charge in [0, 0.05) is 50.7 Å². The van der Waals surface area contributed by atoms with Gasteiger partial charge in [-0.05, 0) is 20.8 Å². The Kier molecular flexibility index (Phi) is 8.59. The van der Waals surface area contributed by atoms with E-state index < -0.39 is 8.80 Å². The first-order valence-electron chi connectivity index (χ1n) is 9.98. The van der Waals surface area contributed by atoms with Gasteiger partial charge in [0.1, 0.15) is 6.54 Å². The fourth-order valence-corrected chi connectivity index (χ4v) is 6.66. The number of quaternary nitrogens is 1. The molecule has 0 amide bonds. The van der Waals surface area contributed by atoms with Crippen LogP contribution in [-0.2, 0) is 19.8 Å². The molecule has 0 saturated carbocycles. The van der Waals surface area contributed by atoms with Crippen LogP contribution < -0.4 is 0 Å². The largest absolute Gasteiger partial charge is 0.501 e. The first kappa shape index (κ1) is 20.6. The minimum absolute atomic E-state index is 0.663. The van der Waals surface area contributed by atoms with Crippen LogP contribution in [0.5, 0.6) is 0 Å². The number of hydrogen-bond donors (Lipinski definition) is 0. The quantitative estimate of drug-likeness (QED) is 0.409. The predicted octanol–water partition coefficient (Wildman–Crippen LogP) is 4.24. The van der Waals surface area contributed by atoms with E-state index in [0.29, 0.717) is 19.8 Å². The van der Waals surface area contributed by atoms with Gasteiger partial charge >= 0.3 is 8.80 Å². The standard InChI is InChI=1S/C20H36NO3Si/c1-4-22-25(23-5-2,24-6-3)18-12-17-21(15-10-11-16-21)19-20-13-8-7-9-14-20/h7-9,13-14H,4-6,10-12,15-19H2,1-3H3/q+1. The Hall–Kier alpha value is -0.723. The highest BCUT2D eigenvalue weighted by atomic mass is 28.4. The van der Waals surface area contributed by atoms with Gasteiger partial charge in [0.15, 0.2) is 0 Å². The Labute approximate surface area is 155 Å². The lowest BCUT2D eigenvalue weighted by Crippen LogP contribution is -2.49. The van der Waals surface area contributed by atoms with Gasteiger partial charge in [0.2, 0.25) is 0 Å². The van der Waals surface area contributed by atoms with Gasteiger partial charge in [0.25, 0.3) is 0 Å². The van der Waals surface area contributed by atoms with Crippen molar-refractivity contribution in [3.8, 4) is 0 Å². The van der Waals surface area contributed by atoms with Crippen LogP contribution in [0.25, 0.3) is 0 Å². The molecular weight excluding hydrogens is 330 g/mol. The van der Waals surface area contributed by atoms with E-state index in [1.54, 1.807) is 0 Å². The third-order valence-corrected chi connectivity index (χ3v) is 8.24. The zero-order valence-electron chi connectivity index (χ0n) is 16.3. The van der Waals surface area contributed by atoms with Crippen LogP contribution in [0.15, 0.2) is 30.3 Å². The zero-order valence-corrected chi connectivity index (χ0v) is 17.3. The molecular formula is C20H36NO3Si+. The Balaban J connectivity index is 1.97. The van der Waals surface area contributed by atoms with Crippen LogP contribution in [0, 0.1) is 0 Å². The van der Waals surface area contributed by atoms with Crippen molar-refractivity contribution in [2.45, 2.75) is 52.6 Å². The van der Waals surface area contributed by atoms with E-state index in [4.69, 9.17) is 13.3 Å². The summed E-state index contributed by atoms with van der Waals surface area (Å²) in [4.78, 5) is 0. The lowest BCUT2D eigenvalue weighted by molar-refractivity contribution is -0.929. The molecule has 4 nitrogen and oxygen atoms in total. The molecule has 2 rings (SSSR count). The summed E-state index contributed by atoms with van der Waals surface area (Å²) in [5.41, 5.74) is 1.45. The number of rotatable bonds is 12. The smallest absolute Gasteiger partial charge is 0.374 e. The summed E-state index contributed by atoms with van der Waals surface area (Å²) in [7, 11) is -2.50. The maximum atomic E-state index is 6.01. The average Bonchev–Trinajstić information content (AvgIpc) is 3.05. The molecule has 0 atom stereocenters. The second kappa shape index (κ2) is 10.4. The fraction of sp³-hybridized carbons (Fsp3) is 0.700. The summed E-state index contributed by atoms with van der Waals surface area (Å²) in [6.07, 6.45) is 3.80. The minimum Gasteiger partial charge on any atom is -0.374 e. The summed E-state index contributed by atoms with van der Waals surface area (Å²) in [5, 5.41) is 0. The highest BCUT2D eigenvalue weighted by molar-refractivity contribution is 6.60.